The van der Waals surface area contributed by atoms with E-state index >= 15 is 0 Å². The van der Waals surface area contributed by atoms with Crippen LogP contribution in [0.25, 0.3) is 22.6 Å². The molecule has 0 unspecified atom stereocenters. The number of hydrogen-bond donors (Lipinski definition) is 1. The molecule has 4 rings (SSSR count). The highest BCUT2D eigenvalue weighted by atomic mass is 16.3. The summed E-state index contributed by atoms with van der Waals surface area (Å²) in [4.78, 5) is 4.19. The van der Waals surface area contributed by atoms with Gasteiger partial charge in [0.05, 0.1) is 18.1 Å². The number of aryl methyl sites for hydroxylation is 2. The largest absolute Gasteiger partial charge is 0.455 e. The van der Waals surface area contributed by atoms with E-state index in [0.29, 0.717) is 11.7 Å². The van der Waals surface area contributed by atoms with E-state index in [4.69, 9.17) is 10.2 Å². The first kappa shape index (κ1) is 16.8. The van der Waals surface area contributed by atoms with Crippen molar-refractivity contribution in [3.8, 4) is 22.6 Å². The Kier molecular flexibility index (Phi) is 4.34. The number of hydrogen-bond acceptors (Lipinski definition) is 4. The molecule has 0 aliphatic heterocycles. The molecule has 0 spiro atoms. The first-order valence-electron chi connectivity index (χ1n) is 8.71. The molecule has 4 aromatic rings. The van der Waals surface area contributed by atoms with Crippen LogP contribution in [0, 0.1) is 13.8 Å². The van der Waals surface area contributed by atoms with Crippen LogP contribution in [0.5, 0.6) is 0 Å². The van der Waals surface area contributed by atoms with Crippen molar-refractivity contribution in [1.82, 2.24) is 9.66 Å². The first-order chi connectivity index (χ1) is 13.1. The maximum absolute atomic E-state index is 5.99. The lowest BCUT2D eigenvalue weighted by Gasteiger charge is -2.04. The minimum atomic E-state index is 0.326. The summed E-state index contributed by atoms with van der Waals surface area (Å²) in [6.07, 6.45) is 3.37. The van der Waals surface area contributed by atoms with Crippen molar-refractivity contribution in [3.05, 3.63) is 83.7 Å². The first-order valence-corrected chi connectivity index (χ1v) is 8.71. The number of rotatable bonds is 4. The van der Waals surface area contributed by atoms with Crippen LogP contribution in [0.1, 0.15) is 16.9 Å². The van der Waals surface area contributed by atoms with Crippen LogP contribution in [0.4, 0.5) is 5.95 Å². The smallest absolute Gasteiger partial charge is 0.221 e. The van der Waals surface area contributed by atoms with Crippen molar-refractivity contribution in [2.24, 2.45) is 5.10 Å². The third-order valence-corrected chi connectivity index (χ3v) is 4.37. The molecule has 5 nitrogen and oxygen atoms in total. The number of imidazole rings is 1. The Balaban J connectivity index is 1.61. The van der Waals surface area contributed by atoms with E-state index in [-0.39, 0.29) is 0 Å². The predicted octanol–water partition coefficient (Wildman–Crippen LogP) is 4.89. The lowest BCUT2D eigenvalue weighted by atomic mass is 10.1. The van der Waals surface area contributed by atoms with E-state index in [1.807, 2.05) is 48.5 Å². The molecule has 0 radical (unpaired) electrons. The molecule has 2 N–H and O–H groups in total. The van der Waals surface area contributed by atoms with Gasteiger partial charge in [0, 0.05) is 11.1 Å². The Morgan fingerprint density at radius 3 is 2.19 bits per heavy atom. The van der Waals surface area contributed by atoms with Crippen LogP contribution in [-0.2, 0) is 0 Å². The lowest BCUT2D eigenvalue weighted by molar-refractivity contribution is 0.574. The SMILES string of the molecule is Cc1ccc(-c2ccc(C=Nn3c(-c4ccc(C)cc4)cnc3N)o2)cc1. The summed E-state index contributed by atoms with van der Waals surface area (Å²) < 4.78 is 7.50. The van der Waals surface area contributed by atoms with E-state index < -0.39 is 0 Å². The number of nitrogens with zero attached hydrogens (tertiary/aromatic N) is 3. The number of nitrogens with two attached hydrogens (primary N) is 1. The number of aromatic nitrogens is 2. The highest BCUT2D eigenvalue weighted by Crippen LogP contribution is 2.24. The molecule has 134 valence electrons. The van der Waals surface area contributed by atoms with Gasteiger partial charge >= 0.3 is 0 Å². The third-order valence-electron chi connectivity index (χ3n) is 4.37. The summed E-state index contributed by atoms with van der Waals surface area (Å²) >= 11 is 0. The molecule has 0 saturated heterocycles. The Morgan fingerprint density at radius 2 is 1.52 bits per heavy atom. The van der Waals surface area contributed by atoms with Gasteiger partial charge in [-0.25, -0.2) is 4.98 Å². The molecule has 0 fully saturated rings. The van der Waals surface area contributed by atoms with Crippen molar-refractivity contribution >= 4 is 12.2 Å². The molecule has 27 heavy (non-hydrogen) atoms. The number of furan rings is 1. The van der Waals surface area contributed by atoms with Gasteiger partial charge < -0.3 is 10.2 Å². The van der Waals surface area contributed by atoms with Gasteiger partial charge in [-0.05, 0) is 26.0 Å². The van der Waals surface area contributed by atoms with Gasteiger partial charge in [-0.15, -0.1) is 0 Å². The van der Waals surface area contributed by atoms with Crippen LogP contribution in [-0.4, -0.2) is 15.9 Å². The van der Waals surface area contributed by atoms with E-state index in [2.05, 4.69) is 36.1 Å². The topological polar surface area (TPSA) is 69.3 Å². The fraction of sp³-hybridized carbons (Fsp3) is 0.0909. The lowest BCUT2D eigenvalue weighted by Crippen LogP contribution is -1.99. The summed E-state index contributed by atoms with van der Waals surface area (Å²) in [5.41, 5.74) is 11.3. The van der Waals surface area contributed by atoms with E-state index in [1.165, 1.54) is 11.1 Å². The maximum Gasteiger partial charge on any atom is 0.221 e. The highest BCUT2D eigenvalue weighted by Gasteiger charge is 2.09. The minimum absolute atomic E-state index is 0.326. The molecule has 2 heterocycles. The molecule has 0 bridgehead atoms. The maximum atomic E-state index is 5.99. The Hall–Kier alpha value is -3.60. The van der Waals surface area contributed by atoms with Crippen molar-refractivity contribution in [3.63, 3.8) is 0 Å². The van der Waals surface area contributed by atoms with Crippen molar-refractivity contribution in [1.29, 1.82) is 0 Å². The normalized spacial score (nSPS) is 11.3. The Morgan fingerprint density at radius 1 is 0.889 bits per heavy atom. The number of benzene rings is 2. The van der Waals surface area contributed by atoms with E-state index in [1.54, 1.807) is 17.1 Å². The fourth-order valence-corrected chi connectivity index (χ4v) is 2.81. The summed E-state index contributed by atoms with van der Waals surface area (Å²) in [6, 6.07) is 20.2. The Bertz CT molecular complexity index is 1090. The zero-order valence-electron chi connectivity index (χ0n) is 15.3. The van der Waals surface area contributed by atoms with Crippen molar-refractivity contribution < 1.29 is 4.42 Å². The second-order valence-corrected chi connectivity index (χ2v) is 6.49. The monoisotopic (exact) mass is 356 g/mol. The summed E-state index contributed by atoms with van der Waals surface area (Å²) in [7, 11) is 0. The summed E-state index contributed by atoms with van der Waals surface area (Å²) in [5, 5.41) is 4.47. The molecular weight excluding hydrogens is 336 g/mol. The number of nitrogen functional groups attached to an aromatic ring is 1. The average Bonchev–Trinajstić information content (AvgIpc) is 3.28. The molecule has 2 aromatic carbocycles. The van der Waals surface area contributed by atoms with Gasteiger partial charge in [0.15, 0.2) is 0 Å². The van der Waals surface area contributed by atoms with Gasteiger partial charge in [-0.3, -0.25) is 0 Å². The third kappa shape index (κ3) is 3.53. The van der Waals surface area contributed by atoms with Gasteiger partial charge in [0.25, 0.3) is 0 Å². The van der Waals surface area contributed by atoms with Crippen LogP contribution < -0.4 is 5.73 Å². The van der Waals surface area contributed by atoms with Gasteiger partial charge in [-0.2, -0.15) is 9.78 Å². The molecule has 0 atom stereocenters. The van der Waals surface area contributed by atoms with Gasteiger partial charge in [0.2, 0.25) is 5.95 Å². The van der Waals surface area contributed by atoms with Crippen LogP contribution in [0.15, 0.2) is 76.4 Å². The molecular formula is C22H20N4O. The summed E-state index contributed by atoms with van der Waals surface area (Å²) in [5.74, 6) is 1.77. The zero-order valence-corrected chi connectivity index (χ0v) is 15.3. The molecule has 5 heteroatoms. The van der Waals surface area contributed by atoms with Crippen molar-refractivity contribution in [2.45, 2.75) is 13.8 Å². The molecule has 2 aromatic heterocycles. The quantitative estimate of drug-likeness (QED) is 0.529. The van der Waals surface area contributed by atoms with Crippen molar-refractivity contribution in [2.75, 3.05) is 5.73 Å². The molecule has 0 aliphatic carbocycles. The average molecular weight is 356 g/mol. The second-order valence-electron chi connectivity index (χ2n) is 6.49. The second kappa shape index (κ2) is 6.96. The van der Waals surface area contributed by atoms with Gasteiger partial charge in [-0.1, -0.05) is 59.7 Å². The van der Waals surface area contributed by atoms with E-state index in [9.17, 15) is 0 Å². The summed E-state index contributed by atoms with van der Waals surface area (Å²) in [6.45, 7) is 4.11. The predicted molar refractivity (Wildman–Crippen MR) is 109 cm³/mol. The Labute approximate surface area is 157 Å². The van der Waals surface area contributed by atoms with Crippen LogP contribution in [0.3, 0.4) is 0 Å². The zero-order chi connectivity index (χ0) is 18.8. The molecule has 0 aliphatic rings. The molecule has 0 amide bonds. The standard InChI is InChI=1S/C22H20N4O/c1-15-3-7-17(8-4-15)20-14-24-22(23)26(20)25-13-19-11-12-21(27-19)18-9-5-16(2)6-10-18/h3-14H,1-2H3,(H2,23,24). The highest BCUT2D eigenvalue weighted by molar-refractivity contribution is 5.78. The fourth-order valence-electron chi connectivity index (χ4n) is 2.81. The molecule has 0 saturated carbocycles. The van der Waals surface area contributed by atoms with Crippen LogP contribution in [0.2, 0.25) is 0 Å². The minimum Gasteiger partial charge on any atom is -0.455 e. The van der Waals surface area contributed by atoms with Gasteiger partial charge in [0.1, 0.15) is 11.5 Å². The van der Waals surface area contributed by atoms with Crippen LogP contribution >= 0.6 is 0 Å². The van der Waals surface area contributed by atoms with E-state index in [0.717, 1.165) is 22.6 Å². The number of anilines is 1.